The third kappa shape index (κ3) is 10.2. The number of methoxy groups -OCH3 is 1. The van der Waals surface area contributed by atoms with Gasteiger partial charge in [0.05, 0.1) is 7.11 Å². The molecule has 0 bridgehead atoms. The first-order chi connectivity index (χ1) is 24.0. The van der Waals surface area contributed by atoms with Crippen molar-refractivity contribution in [3.05, 3.63) is 95.1 Å². The summed E-state index contributed by atoms with van der Waals surface area (Å²) >= 11 is 0. The summed E-state index contributed by atoms with van der Waals surface area (Å²) in [6, 6.07) is 8.10. The molecule has 18 heteroatoms. The molecule has 10 nitrogen and oxygen atoms in total. The van der Waals surface area contributed by atoms with Gasteiger partial charge in [-0.25, -0.2) is 18.4 Å². The molecule has 2 heterocycles. The molecule has 270 valence electrons. The van der Waals surface area contributed by atoms with E-state index in [4.69, 9.17) is 9.47 Å². The fourth-order valence-electron chi connectivity index (χ4n) is 4.46. The molecule has 6 rings (SSSR count). The maximum Gasteiger partial charge on any atom is 0.573 e. The molecule has 0 unspecified atom stereocenters. The Labute approximate surface area is 282 Å². The van der Waals surface area contributed by atoms with E-state index in [0.717, 1.165) is 62.2 Å². The summed E-state index contributed by atoms with van der Waals surface area (Å²) in [5.74, 6) is -6.27. The number of aromatic nitrogens is 2. The molecular weight excluding hydrogens is 704 g/mol. The van der Waals surface area contributed by atoms with Crippen LogP contribution in [0, 0.1) is 11.6 Å². The van der Waals surface area contributed by atoms with E-state index < -0.39 is 47.8 Å². The number of hydrogen-bond acceptors (Lipinski definition) is 9. The first-order valence-corrected chi connectivity index (χ1v) is 14.8. The second-order valence-corrected chi connectivity index (χ2v) is 11.0. The van der Waals surface area contributed by atoms with Crippen molar-refractivity contribution in [3.8, 4) is 34.5 Å². The summed E-state index contributed by atoms with van der Waals surface area (Å²) in [5.41, 5.74) is 1.15. The molecule has 2 aromatic heterocycles. The van der Waals surface area contributed by atoms with Crippen LogP contribution in [-0.2, 0) is 4.74 Å². The minimum absolute atomic E-state index is 0.0212. The average molecular weight is 729 g/mol. The van der Waals surface area contributed by atoms with Crippen LogP contribution in [0.2, 0.25) is 0 Å². The van der Waals surface area contributed by atoms with Gasteiger partial charge in [0.2, 0.25) is 0 Å². The van der Waals surface area contributed by atoms with Crippen molar-refractivity contribution >= 4 is 11.9 Å². The Kier molecular flexibility index (Phi) is 10.5. The summed E-state index contributed by atoms with van der Waals surface area (Å²) in [5, 5.41) is 9.18. The second kappa shape index (κ2) is 14.7. The van der Waals surface area contributed by atoms with Crippen LogP contribution in [0.4, 0.5) is 35.1 Å². The van der Waals surface area contributed by atoms with Crippen LogP contribution >= 0.6 is 0 Å². The Morgan fingerprint density at radius 1 is 0.667 bits per heavy atom. The lowest BCUT2D eigenvalue weighted by Crippen LogP contribution is -2.17. The van der Waals surface area contributed by atoms with E-state index in [2.05, 4.69) is 24.2 Å². The van der Waals surface area contributed by atoms with Crippen molar-refractivity contribution in [1.29, 1.82) is 0 Å². The number of pyridine rings is 2. The van der Waals surface area contributed by atoms with Gasteiger partial charge in [0.15, 0.2) is 23.1 Å². The lowest BCUT2D eigenvalue weighted by atomic mass is 10.2. The van der Waals surface area contributed by atoms with Crippen molar-refractivity contribution in [1.82, 2.24) is 9.97 Å². The molecule has 51 heavy (non-hydrogen) atoms. The van der Waals surface area contributed by atoms with Crippen LogP contribution in [0.25, 0.3) is 0 Å². The van der Waals surface area contributed by atoms with Crippen LogP contribution in [0.1, 0.15) is 69.6 Å². The molecule has 2 aromatic carbocycles. The highest BCUT2D eigenvalue weighted by Crippen LogP contribution is 2.42. The topological polar surface area (TPSA) is 126 Å². The number of carboxylic acid groups (broad SMARTS) is 1. The van der Waals surface area contributed by atoms with E-state index in [1.165, 1.54) is 19.4 Å². The molecule has 2 aliphatic rings. The van der Waals surface area contributed by atoms with E-state index >= 15 is 0 Å². The predicted octanol–water partition coefficient (Wildman–Crippen LogP) is 9.06. The number of alkyl halides is 6. The van der Waals surface area contributed by atoms with E-state index in [9.17, 15) is 49.8 Å². The minimum Gasteiger partial charge on any atom is -0.477 e. The van der Waals surface area contributed by atoms with Crippen molar-refractivity contribution in [2.75, 3.05) is 7.11 Å². The van der Waals surface area contributed by atoms with Gasteiger partial charge >= 0.3 is 24.7 Å². The summed E-state index contributed by atoms with van der Waals surface area (Å²) in [7, 11) is 1.18. The number of hydrogen-bond donors (Lipinski definition) is 1. The zero-order valence-electron chi connectivity index (χ0n) is 26.0. The van der Waals surface area contributed by atoms with Gasteiger partial charge in [-0.3, -0.25) is 9.97 Å². The van der Waals surface area contributed by atoms with Crippen molar-refractivity contribution in [2.45, 2.75) is 50.2 Å². The van der Waals surface area contributed by atoms with Crippen molar-refractivity contribution in [2.24, 2.45) is 0 Å². The summed E-state index contributed by atoms with van der Waals surface area (Å²) in [6.45, 7) is 0. The van der Waals surface area contributed by atoms with Gasteiger partial charge in [-0.15, -0.1) is 26.3 Å². The van der Waals surface area contributed by atoms with Gasteiger partial charge in [0.1, 0.15) is 34.1 Å². The zero-order valence-corrected chi connectivity index (χ0v) is 26.0. The molecule has 2 fully saturated rings. The fourth-order valence-corrected chi connectivity index (χ4v) is 4.46. The molecule has 1 N–H and O–H groups in total. The first kappa shape index (κ1) is 36.6. The number of halogens is 8. The van der Waals surface area contributed by atoms with Crippen LogP contribution < -0.4 is 18.9 Å². The monoisotopic (exact) mass is 728 g/mol. The van der Waals surface area contributed by atoms with Gasteiger partial charge in [-0.2, -0.15) is 0 Å². The lowest BCUT2D eigenvalue weighted by molar-refractivity contribution is -0.276. The number of carboxylic acids is 1. The number of benzene rings is 2. The molecule has 0 radical (unpaired) electrons. The smallest absolute Gasteiger partial charge is 0.477 e. The molecule has 2 aliphatic carbocycles. The zero-order chi connectivity index (χ0) is 37.1. The number of carbonyl (C=O) groups excluding carboxylic acids is 1. The van der Waals surface area contributed by atoms with Crippen LogP contribution in [0.3, 0.4) is 0 Å². The summed E-state index contributed by atoms with van der Waals surface area (Å²) < 4.78 is 123. The molecule has 0 spiro atoms. The van der Waals surface area contributed by atoms with Crippen LogP contribution in [0.5, 0.6) is 34.5 Å². The van der Waals surface area contributed by atoms with Crippen molar-refractivity contribution < 1.29 is 73.5 Å². The second-order valence-electron chi connectivity index (χ2n) is 11.0. The Morgan fingerprint density at radius 3 is 1.43 bits per heavy atom. The average Bonchev–Trinajstić information content (AvgIpc) is 3.96. The molecular formula is C33H24F8N2O8. The SMILES string of the molecule is COC(=O)c1cnc(C2CC2)cc1Oc1ccc(OC(F)(F)F)c(F)c1.O=C(O)c1cnc(C2CC2)cc1Oc1ccc(OC(F)(F)F)c(F)c1. The standard InChI is InChI=1S/C17H13F4NO4.C16H11F4NO4/c1-24-16(23)11-8-22-13(9-2-3-9)7-15(11)25-10-4-5-14(12(18)6-10)26-17(19,20)21;17-11-5-9(3-4-13(11)25-16(18,19)20)24-14-6-12(8-1-2-8)21-7-10(14)15(22)23/h4-9H,2-3H2,1H3;3-8H,1-2H2,(H,22,23). The molecule has 0 atom stereocenters. The number of rotatable bonds is 10. The summed E-state index contributed by atoms with van der Waals surface area (Å²) in [6.07, 6.45) is -3.82. The number of aromatic carboxylic acids is 1. The Balaban J connectivity index is 0.000000198. The molecule has 4 aromatic rings. The van der Waals surface area contributed by atoms with E-state index in [-0.39, 0.29) is 46.0 Å². The van der Waals surface area contributed by atoms with Crippen molar-refractivity contribution in [3.63, 3.8) is 0 Å². The highest BCUT2D eigenvalue weighted by molar-refractivity contribution is 5.92. The highest BCUT2D eigenvalue weighted by Gasteiger charge is 2.34. The van der Waals surface area contributed by atoms with Gasteiger partial charge < -0.3 is 28.8 Å². The Morgan fingerprint density at radius 2 is 1.08 bits per heavy atom. The maximum absolute atomic E-state index is 13.8. The highest BCUT2D eigenvalue weighted by atomic mass is 19.4. The number of esters is 1. The normalized spacial score (nSPS) is 14.1. The fraction of sp³-hybridized carbons (Fsp3) is 0.273. The third-order valence-corrected chi connectivity index (χ3v) is 7.11. The number of carbonyl (C=O) groups is 2. The summed E-state index contributed by atoms with van der Waals surface area (Å²) in [4.78, 5) is 31.3. The predicted molar refractivity (Wildman–Crippen MR) is 157 cm³/mol. The van der Waals surface area contributed by atoms with E-state index in [1.807, 2.05) is 0 Å². The lowest BCUT2D eigenvalue weighted by Gasteiger charge is -2.13. The molecule has 0 amide bonds. The van der Waals surface area contributed by atoms with Crippen LogP contribution in [0.15, 0.2) is 60.9 Å². The van der Waals surface area contributed by atoms with Gasteiger partial charge in [0.25, 0.3) is 0 Å². The third-order valence-electron chi connectivity index (χ3n) is 7.11. The van der Waals surface area contributed by atoms with Gasteiger partial charge in [-0.1, -0.05) is 0 Å². The van der Waals surface area contributed by atoms with Gasteiger partial charge in [0, 0.05) is 59.9 Å². The minimum atomic E-state index is -5.02. The Bertz CT molecular complexity index is 1930. The van der Waals surface area contributed by atoms with E-state index in [0.29, 0.717) is 17.5 Å². The van der Waals surface area contributed by atoms with Gasteiger partial charge in [-0.05, 0) is 49.9 Å². The first-order valence-electron chi connectivity index (χ1n) is 14.8. The van der Waals surface area contributed by atoms with Crippen LogP contribution in [-0.4, -0.2) is 46.8 Å². The Hall–Kier alpha value is -5.68. The quantitative estimate of drug-likeness (QED) is 0.125. The number of ether oxygens (including phenoxy) is 5. The molecule has 0 saturated heterocycles. The largest absolute Gasteiger partial charge is 0.573 e. The number of nitrogens with zero attached hydrogens (tertiary/aromatic N) is 2. The molecule has 0 aliphatic heterocycles. The molecule has 2 saturated carbocycles. The van der Waals surface area contributed by atoms with E-state index in [1.54, 1.807) is 6.07 Å². The maximum atomic E-state index is 13.8.